The Balaban J connectivity index is 2.88. The summed E-state index contributed by atoms with van der Waals surface area (Å²) in [4.78, 5) is 12.6. The smallest absolute Gasteiger partial charge is 0.305 e. The highest BCUT2D eigenvalue weighted by Gasteiger charge is 2.14. The Hall–Kier alpha value is -1.72. The van der Waals surface area contributed by atoms with Crippen molar-refractivity contribution in [2.75, 3.05) is 23.7 Å². The molecule has 0 aliphatic carbocycles. The van der Waals surface area contributed by atoms with E-state index in [4.69, 9.17) is 10.8 Å². The van der Waals surface area contributed by atoms with E-state index in [1.165, 1.54) is 0 Å². The van der Waals surface area contributed by atoms with Gasteiger partial charge in [-0.1, -0.05) is 0 Å². The van der Waals surface area contributed by atoms with Gasteiger partial charge in [0.1, 0.15) is 5.82 Å². The van der Waals surface area contributed by atoms with Crippen LogP contribution in [0.5, 0.6) is 0 Å². The molecule has 0 saturated heterocycles. The molecule has 6 nitrogen and oxygen atoms in total. The predicted molar refractivity (Wildman–Crippen MR) is 62.5 cm³/mol. The van der Waals surface area contributed by atoms with E-state index in [-0.39, 0.29) is 6.42 Å². The van der Waals surface area contributed by atoms with Gasteiger partial charge in [0, 0.05) is 13.1 Å². The Morgan fingerprint density at radius 2 is 2.19 bits per heavy atom. The van der Waals surface area contributed by atoms with Crippen LogP contribution in [0.1, 0.15) is 20.3 Å². The van der Waals surface area contributed by atoms with Crippen LogP contribution in [-0.2, 0) is 11.3 Å². The number of anilines is 2. The Bertz CT molecular complexity index is 358. The largest absolute Gasteiger partial charge is 0.481 e. The number of carboxylic acids is 1. The number of nitrogens with two attached hydrogens (primary N) is 1. The summed E-state index contributed by atoms with van der Waals surface area (Å²) in [5.41, 5.74) is 6.42. The molecule has 0 aliphatic rings. The van der Waals surface area contributed by atoms with E-state index in [9.17, 15) is 4.79 Å². The molecule has 1 aromatic rings. The second kappa shape index (κ2) is 5.39. The normalized spacial score (nSPS) is 10.4. The second-order valence-electron chi connectivity index (χ2n) is 3.46. The Morgan fingerprint density at radius 1 is 1.56 bits per heavy atom. The zero-order valence-corrected chi connectivity index (χ0v) is 9.68. The van der Waals surface area contributed by atoms with Crippen molar-refractivity contribution in [1.29, 1.82) is 0 Å². The van der Waals surface area contributed by atoms with Crippen LogP contribution < -0.4 is 10.6 Å². The Labute approximate surface area is 94.6 Å². The number of hydrogen-bond acceptors (Lipinski definition) is 4. The monoisotopic (exact) mass is 226 g/mol. The minimum absolute atomic E-state index is 0.0510. The lowest BCUT2D eigenvalue weighted by Crippen LogP contribution is -2.26. The second-order valence-corrected chi connectivity index (χ2v) is 3.46. The van der Waals surface area contributed by atoms with Gasteiger partial charge in [-0.25, -0.2) is 4.68 Å². The molecule has 90 valence electrons. The topological polar surface area (TPSA) is 84.4 Å². The number of carbonyl (C=O) groups is 1. The highest BCUT2D eigenvalue weighted by molar-refractivity contribution is 5.67. The van der Waals surface area contributed by atoms with E-state index in [0.29, 0.717) is 12.2 Å². The predicted octanol–water partition coefficient (Wildman–Crippen LogP) is 0.786. The number of carboxylic acid groups (broad SMARTS) is 1. The van der Waals surface area contributed by atoms with Crippen LogP contribution in [0.3, 0.4) is 0 Å². The molecule has 1 heterocycles. The van der Waals surface area contributed by atoms with Crippen molar-refractivity contribution in [2.45, 2.75) is 26.8 Å². The first-order chi connectivity index (χ1) is 7.60. The number of hydrogen-bond donors (Lipinski definition) is 2. The first-order valence-corrected chi connectivity index (χ1v) is 5.38. The van der Waals surface area contributed by atoms with Crippen molar-refractivity contribution < 1.29 is 9.90 Å². The molecular formula is C10H18N4O2. The molecule has 0 bridgehead atoms. The summed E-state index contributed by atoms with van der Waals surface area (Å²) in [5.74, 6) is -0.0224. The summed E-state index contributed by atoms with van der Waals surface area (Å²) in [6.45, 7) is 6.03. The van der Waals surface area contributed by atoms with Crippen LogP contribution in [0.2, 0.25) is 0 Å². The molecule has 0 aromatic carbocycles. The third-order valence-corrected chi connectivity index (χ3v) is 2.44. The quantitative estimate of drug-likeness (QED) is 0.749. The van der Waals surface area contributed by atoms with Crippen molar-refractivity contribution in [3.63, 3.8) is 0 Å². The number of rotatable bonds is 6. The fourth-order valence-corrected chi connectivity index (χ4v) is 1.63. The van der Waals surface area contributed by atoms with Crippen molar-refractivity contribution in [2.24, 2.45) is 0 Å². The molecule has 3 N–H and O–H groups in total. The van der Waals surface area contributed by atoms with Crippen LogP contribution in [0.4, 0.5) is 11.5 Å². The molecular weight excluding hydrogens is 208 g/mol. The summed E-state index contributed by atoms with van der Waals surface area (Å²) in [7, 11) is 0. The van der Waals surface area contributed by atoms with Gasteiger partial charge < -0.3 is 15.7 Å². The first kappa shape index (κ1) is 12.4. The SMILES string of the molecule is CCN(CC)c1c(N)cnn1CCC(=O)O. The average Bonchev–Trinajstić information content (AvgIpc) is 2.60. The molecule has 0 amide bonds. The van der Waals surface area contributed by atoms with Crippen LogP contribution >= 0.6 is 0 Å². The summed E-state index contributed by atoms with van der Waals surface area (Å²) in [5, 5.41) is 12.7. The molecule has 0 spiro atoms. The summed E-state index contributed by atoms with van der Waals surface area (Å²) >= 11 is 0. The molecule has 6 heteroatoms. The Kier molecular flexibility index (Phi) is 4.16. The highest BCUT2D eigenvalue weighted by atomic mass is 16.4. The van der Waals surface area contributed by atoms with Gasteiger partial charge in [-0.2, -0.15) is 5.10 Å². The minimum atomic E-state index is -0.834. The molecule has 0 fully saturated rings. The van der Waals surface area contributed by atoms with Gasteiger partial charge >= 0.3 is 5.97 Å². The fraction of sp³-hybridized carbons (Fsp3) is 0.600. The summed E-state index contributed by atoms with van der Waals surface area (Å²) in [6.07, 6.45) is 1.62. The van der Waals surface area contributed by atoms with E-state index in [1.807, 2.05) is 13.8 Å². The maximum Gasteiger partial charge on any atom is 0.305 e. The minimum Gasteiger partial charge on any atom is -0.481 e. The Morgan fingerprint density at radius 3 is 2.69 bits per heavy atom. The fourth-order valence-electron chi connectivity index (χ4n) is 1.63. The lowest BCUT2D eigenvalue weighted by Gasteiger charge is -2.22. The number of nitrogen functional groups attached to an aromatic ring is 1. The van der Waals surface area contributed by atoms with E-state index in [2.05, 4.69) is 10.00 Å². The van der Waals surface area contributed by atoms with Crippen LogP contribution in [-0.4, -0.2) is 33.9 Å². The molecule has 0 saturated carbocycles. The zero-order chi connectivity index (χ0) is 12.1. The van der Waals surface area contributed by atoms with Crippen molar-refractivity contribution in [3.8, 4) is 0 Å². The van der Waals surface area contributed by atoms with Crippen molar-refractivity contribution in [1.82, 2.24) is 9.78 Å². The standard InChI is InChI=1S/C10H18N4O2/c1-3-13(4-2)10-8(11)7-12-14(10)6-5-9(15)16/h7H,3-6,11H2,1-2H3,(H,15,16). The molecule has 0 atom stereocenters. The molecule has 0 unspecified atom stereocenters. The maximum absolute atomic E-state index is 10.5. The third-order valence-electron chi connectivity index (χ3n) is 2.44. The van der Waals surface area contributed by atoms with Gasteiger partial charge in [-0.15, -0.1) is 0 Å². The van der Waals surface area contributed by atoms with Gasteiger partial charge in [0.05, 0.1) is 24.8 Å². The lowest BCUT2D eigenvalue weighted by atomic mass is 10.4. The number of aromatic nitrogens is 2. The van der Waals surface area contributed by atoms with Crippen LogP contribution in [0, 0.1) is 0 Å². The van der Waals surface area contributed by atoms with Gasteiger partial charge in [0.2, 0.25) is 0 Å². The van der Waals surface area contributed by atoms with Crippen molar-refractivity contribution in [3.05, 3.63) is 6.20 Å². The number of aryl methyl sites for hydroxylation is 1. The zero-order valence-electron chi connectivity index (χ0n) is 9.68. The number of aliphatic carboxylic acids is 1. The molecule has 1 aromatic heterocycles. The average molecular weight is 226 g/mol. The molecule has 16 heavy (non-hydrogen) atoms. The molecule has 0 radical (unpaired) electrons. The maximum atomic E-state index is 10.5. The summed E-state index contributed by atoms with van der Waals surface area (Å²) < 4.78 is 1.65. The van der Waals surface area contributed by atoms with Crippen LogP contribution in [0.15, 0.2) is 6.20 Å². The van der Waals surface area contributed by atoms with Gasteiger partial charge in [0.15, 0.2) is 0 Å². The van der Waals surface area contributed by atoms with E-state index in [1.54, 1.807) is 10.9 Å². The summed E-state index contributed by atoms with van der Waals surface area (Å²) in [6, 6.07) is 0. The van der Waals surface area contributed by atoms with E-state index < -0.39 is 5.97 Å². The third kappa shape index (κ3) is 2.65. The van der Waals surface area contributed by atoms with Crippen molar-refractivity contribution >= 4 is 17.5 Å². The molecule has 1 rings (SSSR count). The van der Waals surface area contributed by atoms with E-state index >= 15 is 0 Å². The van der Waals surface area contributed by atoms with Crippen LogP contribution in [0.25, 0.3) is 0 Å². The van der Waals surface area contributed by atoms with E-state index in [0.717, 1.165) is 18.9 Å². The van der Waals surface area contributed by atoms with Gasteiger partial charge in [0.25, 0.3) is 0 Å². The van der Waals surface area contributed by atoms with Gasteiger partial charge in [-0.3, -0.25) is 4.79 Å². The number of nitrogens with zero attached hydrogens (tertiary/aromatic N) is 3. The molecule has 0 aliphatic heterocycles. The highest BCUT2D eigenvalue weighted by Crippen LogP contribution is 2.22. The lowest BCUT2D eigenvalue weighted by molar-refractivity contribution is -0.137. The van der Waals surface area contributed by atoms with Gasteiger partial charge in [-0.05, 0) is 13.8 Å². The first-order valence-electron chi connectivity index (χ1n) is 5.38.